The monoisotopic (exact) mass is 474 g/mol. The van der Waals surface area contributed by atoms with Crippen LogP contribution in [0.2, 0.25) is 0 Å². The molecule has 2 heterocycles. The minimum Gasteiger partial charge on any atom is -0.464 e. The number of carbonyl (C=O) groups excluding carboxylic acids is 2. The van der Waals surface area contributed by atoms with Crippen LogP contribution in [-0.4, -0.2) is 60.1 Å². The summed E-state index contributed by atoms with van der Waals surface area (Å²) in [5, 5.41) is 0. The molecule has 0 saturated carbocycles. The minimum absolute atomic E-state index is 0.189. The van der Waals surface area contributed by atoms with Gasteiger partial charge in [-0.15, -0.1) is 0 Å². The normalized spacial score (nSPS) is 18.2. The van der Waals surface area contributed by atoms with Crippen molar-refractivity contribution in [3.8, 4) is 0 Å². The maximum Gasteiger partial charge on any atom is 0.339 e. The predicted molar refractivity (Wildman–Crippen MR) is 137 cm³/mol. The maximum atomic E-state index is 13.2. The summed E-state index contributed by atoms with van der Waals surface area (Å²) in [4.78, 5) is 30.6. The molecular formula is C28H46N2O4. The zero-order valence-corrected chi connectivity index (χ0v) is 23.1. The van der Waals surface area contributed by atoms with E-state index in [4.69, 9.17) is 9.47 Å². The Kier molecular flexibility index (Phi) is 9.72. The number of likely N-dealkylation sites (tertiary alicyclic amines) is 1. The van der Waals surface area contributed by atoms with E-state index >= 15 is 0 Å². The van der Waals surface area contributed by atoms with Gasteiger partial charge in [-0.3, -0.25) is 4.79 Å². The van der Waals surface area contributed by atoms with Gasteiger partial charge in [0.2, 0.25) is 5.91 Å². The van der Waals surface area contributed by atoms with E-state index in [0.717, 1.165) is 53.7 Å². The molecule has 6 heteroatoms. The van der Waals surface area contributed by atoms with Crippen LogP contribution in [0.3, 0.4) is 0 Å². The van der Waals surface area contributed by atoms with Crippen LogP contribution in [0.5, 0.6) is 0 Å². The largest absolute Gasteiger partial charge is 0.464 e. The van der Waals surface area contributed by atoms with E-state index in [1.807, 2.05) is 41.5 Å². The number of rotatable bonds is 5. The average Bonchev–Trinajstić information content (AvgIpc) is 2.78. The molecule has 0 spiro atoms. The quantitative estimate of drug-likeness (QED) is 0.560. The molecule has 1 aromatic carbocycles. The second kappa shape index (κ2) is 11.7. The highest BCUT2D eigenvalue weighted by molar-refractivity contribution is 5.84. The van der Waals surface area contributed by atoms with E-state index in [9.17, 15) is 9.59 Å². The molecule has 6 nitrogen and oxygen atoms in total. The smallest absolute Gasteiger partial charge is 0.339 e. The molecule has 0 unspecified atom stereocenters. The van der Waals surface area contributed by atoms with E-state index in [0.29, 0.717) is 25.6 Å². The van der Waals surface area contributed by atoms with Crippen molar-refractivity contribution in [2.45, 2.75) is 106 Å². The van der Waals surface area contributed by atoms with Crippen molar-refractivity contribution >= 4 is 11.9 Å². The molecular weight excluding hydrogens is 428 g/mol. The number of ether oxygens (including phenoxy) is 2. The van der Waals surface area contributed by atoms with E-state index in [2.05, 4.69) is 30.7 Å². The molecule has 0 radical (unpaired) electrons. The molecule has 1 amide bonds. The second-order valence-corrected chi connectivity index (χ2v) is 10.3. The maximum absolute atomic E-state index is 13.2. The Morgan fingerprint density at radius 1 is 1.03 bits per heavy atom. The summed E-state index contributed by atoms with van der Waals surface area (Å²) in [6.45, 7) is 20.8. The Hall–Kier alpha value is -1.92. The van der Waals surface area contributed by atoms with Crippen LogP contribution >= 0.6 is 0 Å². The van der Waals surface area contributed by atoms with Crippen molar-refractivity contribution in [2.24, 2.45) is 0 Å². The third kappa shape index (κ3) is 6.19. The number of nitrogens with zero attached hydrogens (tertiary/aromatic N) is 2. The highest BCUT2D eigenvalue weighted by Gasteiger charge is 2.37. The van der Waals surface area contributed by atoms with Gasteiger partial charge in [0.05, 0.1) is 18.6 Å². The van der Waals surface area contributed by atoms with Gasteiger partial charge in [-0.2, -0.15) is 0 Å². The van der Waals surface area contributed by atoms with Crippen LogP contribution < -0.4 is 0 Å². The van der Waals surface area contributed by atoms with Gasteiger partial charge in [-0.25, -0.2) is 4.79 Å². The fourth-order valence-electron chi connectivity index (χ4n) is 5.12. The summed E-state index contributed by atoms with van der Waals surface area (Å²) in [6, 6.07) is 0.308. The van der Waals surface area contributed by atoms with Crippen LogP contribution in [0.15, 0.2) is 0 Å². The summed E-state index contributed by atoms with van der Waals surface area (Å²) in [7, 11) is 2.14. The highest BCUT2D eigenvalue weighted by Crippen LogP contribution is 2.38. The first-order valence-corrected chi connectivity index (χ1v) is 12.9. The molecule has 3 rings (SSSR count). The molecule has 192 valence electrons. The number of amides is 1. The Balaban J connectivity index is 0.00000199. The Morgan fingerprint density at radius 2 is 1.62 bits per heavy atom. The molecule has 2 aliphatic rings. The van der Waals surface area contributed by atoms with Crippen LogP contribution in [0, 0.1) is 20.8 Å². The lowest BCUT2D eigenvalue weighted by atomic mass is 9.82. The van der Waals surface area contributed by atoms with Crippen molar-refractivity contribution in [3.63, 3.8) is 0 Å². The van der Waals surface area contributed by atoms with Crippen molar-refractivity contribution in [1.82, 2.24) is 9.80 Å². The summed E-state index contributed by atoms with van der Waals surface area (Å²) < 4.78 is 11.6. The topological polar surface area (TPSA) is 59.1 Å². The molecule has 1 aromatic rings. The van der Waals surface area contributed by atoms with E-state index < -0.39 is 11.7 Å². The fraction of sp³-hybridized carbons (Fsp3) is 0.714. The SMILES string of the molecule is CC.CCOC(=O)[C@@H](OC(C)(C)C)c1c(C)c(C)c2c(c1C)CC(=O)N(C1CCN(C)CC1)C2. The molecule has 1 fully saturated rings. The van der Waals surface area contributed by atoms with Gasteiger partial charge in [-0.1, -0.05) is 13.8 Å². The first-order valence-electron chi connectivity index (χ1n) is 12.9. The van der Waals surface area contributed by atoms with Crippen LogP contribution in [0.4, 0.5) is 0 Å². The van der Waals surface area contributed by atoms with Gasteiger partial charge >= 0.3 is 5.97 Å². The number of benzene rings is 1. The lowest BCUT2D eigenvalue weighted by molar-refractivity contribution is -0.167. The zero-order valence-electron chi connectivity index (χ0n) is 23.1. The van der Waals surface area contributed by atoms with Crippen molar-refractivity contribution in [2.75, 3.05) is 26.7 Å². The zero-order chi connectivity index (χ0) is 25.8. The Morgan fingerprint density at radius 3 is 2.15 bits per heavy atom. The van der Waals surface area contributed by atoms with Crippen molar-refractivity contribution in [1.29, 1.82) is 0 Å². The standard InChI is InChI=1S/C26H40N2O4.C2H6/c1-9-31-25(30)24(32-26(5,6)7)23-17(3)16(2)21-15-28(19-10-12-27(8)13-11-19)22(29)14-20(21)18(23)4;1-2/h19,24H,9-15H2,1-8H3;1-2H3/t24-;/m0./s1. The molecule has 2 aliphatic heterocycles. The molecule has 0 N–H and O–H groups in total. The van der Waals surface area contributed by atoms with Gasteiger partial charge in [0, 0.05) is 12.6 Å². The fourth-order valence-corrected chi connectivity index (χ4v) is 5.12. The number of esters is 1. The van der Waals surface area contributed by atoms with E-state index in [1.54, 1.807) is 6.92 Å². The Labute approximate surface area is 207 Å². The molecule has 34 heavy (non-hydrogen) atoms. The van der Waals surface area contributed by atoms with Crippen LogP contribution in [0.1, 0.15) is 93.9 Å². The second-order valence-electron chi connectivity index (χ2n) is 10.3. The first kappa shape index (κ1) is 28.3. The van der Waals surface area contributed by atoms with Gasteiger partial charge < -0.3 is 19.3 Å². The number of fused-ring (bicyclic) bond motifs is 1. The average molecular weight is 475 g/mol. The molecule has 0 bridgehead atoms. The number of hydrogen-bond donors (Lipinski definition) is 0. The highest BCUT2D eigenvalue weighted by atomic mass is 16.6. The molecule has 1 atom stereocenters. The van der Waals surface area contributed by atoms with Gasteiger partial charge in [0.1, 0.15) is 0 Å². The van der Waals surface area contributed by atoms with Gasteiger partial charge in [-0.05, 0) is 115 Å². The number of hydrogen-bond acceptors (Lipinski definition) is 5. The predicted octanol–water partition coefficient (Wildman–Crippen LogP) is 5.04. The lowest BCUT2D eigenvalue weighted by Gasteiger charge is -2.41. The minimum atomic E-state index is -0.805. The first-order chi connectivity index (χ1) is 15.9. The third-order valence-electron chi connectivity index (χ3n) is 6.98. The van der Waals surface area contributed by atoms with E-state index in [1.165, 1.54) is 5.56 Å². The van der Waals surface area contributed by atoms with Crippen molar-refractivity contribution in [3.05, 3.63) is 33.4 Å². The molecule has 0 aromatic heterocycles. The van der Waals surface area contributed by atoms with Crippen LogP contribution in [0.25, 0.3) is 0 Å². The summed E-state index contributed by atoms with van der Waals surface area (Å²) >= 11 is 0. The Bertz CT molecular complexity index is 880. The lowest BCUT2D eigenvalue weighted by Crippen LogP contribution is -2.48. The van der Waals surface area contributed by atoms with Gasteiger partial charge in [0.25, 0.3) is 0 Å². The van der Waals surface area contributed by atoms with Gasteiger partial charge in [0.15, 0.2) is 6.10 Å². The summed E-state index contributed by atoms with van der Waals surface area (Å²) in [5.41, 5.74) is 5.83. The van der Waals surface area contributed by atoms with E-state index in [-0.39, 0.29) is 11.9 Å². The number of piperidine rings is 1. The molecule has 1 saturated heterocycles. The third-order valence-corrected chi connectivity index (χ3v) is 6.98. The summed E-state index contributed by atoms with van der Waals surface area (Å²) in [5.74, 6) is -0.183. The van der Waals surface area contributed by atoms with Crippen LogP contribution in [-0.2, 0) is 32.0 Å². The number of carbonyl (C=O) groups is 2. The summed E-state index contributed by atoms with van der Waals surface area (Å²) in [6.07, 6.45) is 1.63. The molecule has 0 aliphatic carbocycles. The van der Waals surface area contributed by atoms with Crippen molar-refractivity contribution < 1.29 is 19.1 Å².